The van der Waals surface area contributed by atoms with Gasteiger partial charge in [-0.25, -0.2) is 8.42 Å². The van der Waals surface area contributed by atoms with Crippen molar-refractivity contribution in [3.05, 3.63) is 53.6 Å². The van der Waals surface area contributed by atoms with Crippen molar-refractivity contribution in [3.63, 3.8) is 0 Å². The molecule has 2 aliphatic heterocycles. The number of nitrogens with one attached hydrogen (secondary N) is 2. The van der Waals surface area contributed by atoms with Gasteiger partial charge >= 0.3 is 11.8 Å². The summed E-state index contributed by atoms with van der Waals surface area (Å²) in [5.74, 6) is -0.819. The van der Waals surface area contributed by atoms with Crippen LogP contribution in [0.4, 0.5) is 0 Å². The number of benzene rings is 2. The normalized spacial score (nSPS) is 18.2. The molecule has 10 nitrogen and oxygen atoms in total. The second-order valence-electron chi connectivity index (χ2n) is 7.92. The number of aryl methyl sites for hydroxylation is 1. The second-order valence-corrected chi connectivity index (χ2v) is 9.81. The van der Waals surface area contributed by atoms with Crippen molar-refractivity contribution in [1.29, 1.82) is 0 Å². The van der Waals surface area contributed by atoms with Crippen molar-refractivity contribution < 1.29 is 32.2 Å². The van der Waals surface area contributed by atoms with E-state index in [1.807, 2.05) is 31.2 Å². The molecule has 2 aliphatic rings. The van der Waals surface area contributed by atoms with Crippen LogP contribution in [-0.4, -0.2) is 63.7 Å². The summed E-state index contributed by atoms with van der Waals surface area (Å²) < 4.78 is 44.4. The zero-order chi connectivity index (χ0) is 24.1. The van der Waals surface area contributed by atoms with Crippen LogP contribution in [0.1, 0.15) is 17.5 Å². The fourth-order valence-electron chi connectivity index (χ4n) is 3.75. The van der Waals surface area contributed by atoms with Crippen LogP contribution in [0.15, 0.2) is 47.4 Å². The predicted octanol–water partition coefficient (Wildman–Crippen LogP) is 0.936. The van der Waals surface area contributed by atoms with Crippen LogP contribution in [0.3, 0.4) is 0 Å². The number of fused-ring (bicyclic) bond motifs is 1. The molecule has 2 amide bonds. The van der Waals surface area contributed by atoms with E-state index in [0.29, 0.717) is 37.7 Å². The molecule has 2 heterocycles. The van der Waals surface area contributed by atoms with E-state index >= 15 is 0 Å². The van der Waals surface area contributed by atoms with E-state index in [2.05, 4.69) is 10.6 Å². The lowest BCUT2D eigenvalue weighted by Gasteiger charge is -2.34. The predicted molar refractivity (Wildman–Crippen MR) is 122 cm³/mol. The fourth-order valence-corrected chi connectivity index (χ4v) is 5.33. The Bertz CT molecular complexity index is 1170. The van der Waals surface area contributed by atoms with Gasteiger partial charge in [0.15, 0.2) is 11.5 Å². The fraction of sp³-hybridized carbons (Fsp3) is 0.391. The molecule has 0 spiro atoms. The molecule has 4 rings (SSSR count). The topological polar surface area (TPSA) is 123 Å². The van der Waals surface area contributed by atoms with Gasteiger partial charge in [0.05, 0.1) is 18.0 Å². The van der Waals surface area contributed by atoms with Gasteiger partial charge in [-0.2, -0.15) is 4.31 Å². The van der Waals surface area contributed by atoms with Gasteiger partial charge < -0.3 is 24.8 Å². The second kappa shape index (κ2) is 10.4. The van der Waals surface area contributed by atoms with Crippen molar-refractivity contribution in [2.24, 2.45) is 0 Å². The third-order valence-electron chi connectivity index (χ3n) is 5.62. The Morgan fingerprint density at radius 2 is 1.74 bits per heavy atom. The zero-order valence-electron chi connectivity index (χ0n) is 18.8. The molecule has 0 aliphatic carbocycles. The molecular weight excluding hydrogens is 462 g/mol. The Hall–Kier alpha value is -3.15. The number of ether oxygens (including phenoxy) is 3. The van der Waals surface area contributed by atoms with Crippen LogP contribution in [0.25, 0.3) is 0 Å². The lowest BCUT2D eigenvalue weighted by atomic mass is 10.1. The van der Waals surface area contributed by atoms with Gasteiger partial charge in [0.1, 0.15) is 19.4 Å². The number of carbonyl (C=O) groups excluding carboxylic acids is 2. The Morgan fingerprint density at radius 1 is 1.00 bits per heavy atom. The molecule has 2 aromatic rings. The third kappa shape index (κ3) is 5.32. The molecule has 0 bridgehead atoms. The lowest BCUT2D eigenvalue weighted by molar-refractivity contribution is -0.140. The minimum absolute atomic E-state index is 0.0366. The lowest BCUT2D eigenvalue weighted by Crippen LogP contribution is -2.53. The average molecular weight is 490 g/mol. The molecule has 1 atom stereocenters. The summed E-state index contributed by atoms with van der Waals surface area (Å²) in [5.41, 5.74) is 1.90. The molecule has 0 saturated carbocycles. The number of carbonyl (C=O) groups is 2. The van der Waals surface area contributed by atoms with Crippen LogP contribution < -0.4 is 20.1 Å². The highest BCUT2D eigenvalue weighted by atomic mass is 32.2. The molecular formula is C23H27N3O7S. The van der Waals surface area contributed by atoms with E-state index in [0.717, 1.165) is 11.1 Å². The smallest absolute Gasteiger partial charge is 0.309 e. The SMILES string of the molecule is Cc1ccccc1CNC(=O)C(=O)NCC1OCCCN1S(=O)(=O)c1ccc2c(c1)OCCO2. The number of nitrogens with zero attached hydrogens (tertiary/aromatic N) is 1. The van der Waals surface area contributed by atoms with Gasteiger partial charge in [-0.1, -0.05) is 24.3 Å². The van der Waals surface area contributed by atoms with Crippen LogP contribution in [0.2, 0.25) is 0 Å². The molecule has 2 N–H and O–H groups in total. The summed E-state index contributed by atoms with van der Waals surface area (Å²) in [7, 11) is -3.94. The monoisotopic (exact) mass is 489 g/mol. The maximum Gasteiger partial charge on any atom is 0.309 e. The van der Waals surface area contributed by atoms with Gasteiger partial charge in [0.25, 0.3) is 0 Å². The van der Waals surface area contributed by atoms with Gasteiger partial charge in [0, 0.05) is 19.2 Å². The summed E-state index contributed by atoms with van der Waals surface area (Å²) in [4.78, 5) is 24.6. The van der Waals surface area contributed by atoms with Crippen molar-refractivity contribution in [3.8, 4) is 11.5 Å². The third-order valence-corrected chi connectivity index (χ3v) is 7.50. The molecule has 182 valence electrons. The molecule has 1 saturated heterocycles. The average Bonchev–Trinajstić information content (AvgIpc) is 2.86. The van der Waals surface area contributed by atoms with Gasteiger partial charge in [-0.15, -0.1) is 0 Å². The summed E-state index contributed by atoms with van der Waals surface area (Å²) in [6.07, 6.45) is -0.439. The molecule has 34 heavy (non-hydrogen) atoms. The first-order chi connectivity index (χ1) is 16.4. The number of hydrogen-bond donors (Lipinski definition) is 2. The highest BCUT2D eigenvalue weighted by molar-refractivity contribution is 7.89. The number of amides is 2. The first-order valence-electron chi connectivity index (χ1n) is 11.0. The first kappa shape index (κ1) is 24.0. The summed E-state index contributed by atoms with van der Waals surface area (Å²) in [6, 6.07) is 12.0. The van der Waals surface area contributed by atoms with Crippen molar-refractivity contribution >= 4 is 21.8 Å². The van der Waals surface area contributed by atoms with E-state index in [-0.39, 0.29) is 24.5 Å². The molecule has 1 unspecified atom stereocenters. The standard InChI is InChI=1S/C23H27N3O7S/c1-16-5-2-3-6-17(16)14-24-22(27)23(28)25-15-21-26(9-4-10-33-21)34(29,30)18-7-8-19-20(13-18)32-12-11-31-19/h2-3,5-8,13,21H,4,9-12,14-15H2,1H3,(H,24,27)(H,25,28). The quantitative estimate of drug-likeness (QED) is 0.579. The molecule has 0 radical (unpaired) electrons. The van der Waals surface area contributed by atoms with Gasteiger partial charge in [-0.05, 0) is 36.6 Å². The van der Waals surface area contributed by atoms with Crippen LogP contribution in [0.5, 0.6) is 11.5 Å². The maximum atomic E-state index is 13.3. The van der Waals surface area contributed by atoms with Crippen LogP contribution in [0, 0.1) is 6.92 Å². The van der Waals surface area contributed by atoms with E-state index in [4.69, 9.17) is 14.2 Å². The van der Waals surface area contributed by atoms with E-state index in [9.17, 15) is 18.0 Å². The molecule has 11 heteroatoms. The molecule has 1 fully saturated rings. The summed E-state index contributed by atoms with van der Waals surface area (Å²) in [5, 5.41) is 5.05. The van der Waals surface area contributed by atoms with Gasteiger partial charge in [0.2, 0.25) is 10.0 Å². The summed E-state index contributed by atoms with van der Waals surface area (Å²) >= 11 is 0. The maximum absolute atomic E-state index is 13.3. The first-order valence-corrected chi connectivity index (χ1v) is 12.4. The van der Waals surface area contributed by atoms with Crippen molar-refractivity contribution in [2.45, 2.75) is 31.0 Å². The Morgan fingerprint density at radius 3 is 2.53 bits per heavy atom. The van der Waals surface area contributed by atoms with E-state index in [1.165, 1.54) is 16.4 Å². The molecule has 0 aromatic heterocycles. The number of hydrogen-bond acceptors (Lipinski definition) is 7. The highest BCUT2D eigenvalue weighted by Crippen LogP contribution is 2.34. The minimum atomic E-state index is -3.94. The molecule has 2 aromatic carbocycles. The number of sulfonamides is 1. The van der Waals surface area contributed by atoms with Crippen molar-refractivity contribution in [2.75, 3.05) is 32.9 Å². The highest BCUT2D eigenvalue weighted by Gasteiger charge is 2.35. The number of rotatable bonds is 6. The van der Waals surface area contributed by atoms with Gasteiger partial charge in [-0.3, -0.25) is 9.59 Å². The van der Waals surface area contributed by atoms with E-state index in [1.54, 1.807) is 6.07 Å². The Labute approximate surface area is 198 Å². The van der Waals surface area contributed by atoms with E-state index < -0.39 is 28.1 Å². The largest absolute Gasteiger partial charge is 0.486 e. The Balaban J connectivity index is 1.38. The van der Waals surface area contributed by atoms with Crippen LogP contribution in [-0.2, 0) is 30.9 Å². The summed E-state index contributed by atoms with van der Waals surface area (Å²) in [6.45, 7) is 3.26. The minimum Gasteiger partial charge on any atom is -0.486 e. The zero-order valence-corrected chi connectivity index (χ0v) is 19.6. The van der Waals surface area contributed by atoms with Crippen molar-refractivity contribution in [1.82, 2.24) is 14.9 Å². The Kier molecular flexibility index (Phi) is 7.35. The van der Waals surface area contributed by atoms with Crippen LogP contribution >= 0.6 is 0 Å².